The number of benzene rings is 1. The molecule has 4 aliphatic rings. The van der Waals surface area contributed by atoms with E-state index in [0.717, 1.165) is 42.6 Å². The maximum absolute atomic E-state index is 12.5. The van der Waals surface area contributed by atoms with Crippen molar-refractivity contribution < 1.29 is 19.1 Å². The molecule has 0 saturated heterocycles. The van der Waals surface area contributed by atoms with E-state index >= 15 is 0 Å². The average Bonchev–Trinajstić information content (AvgIpc) is 3.29. The Labute approximate surface area is 244 Å². The minimum atomic E-state index is -0.0613. The van der Waals surface area contributed by atoms with E-state index in [1.54, 1.807) is 0 Å². The molecule has 1 aromatic carbocycles. The molecule has 5 heteroatoms. The molecule has 0 aliphatic heterocycles. The van der Waals surface area contributed by atoms with Crippen LogP contribution in [0.1, 0.15) is 103 Å². The first kappa shape index (κ1) is 29.1. The van der Waals surface area contributed by atoms with Crippen molar-refractivity contribution in [2.24, 2.45) is 46.3 Å². The maximum Gasteiger partial charge on any atom is 0.306 e. The fourth-order valence-corrected chi connectivity index (χ4v) is 10.3. The quantitative estimate of drug-likeness (QED) is 0.210. The van der Waals surface area contributed by atoms with Gasteiger partial charge in [0, 0.05) is 11.8 Å². The Balaban J connectivity index is 1.16. The zero-order valence-electron chi connectivity index (χ0n) is 24.3. The third kappa shape index (κ3) is 5.99. The summed E-state index contributed by atoms with van der Waals surface area (Å²) < 4.78 is 11.4. The second kappa shape index (κ2) is 12.2. The summed E-state index contributed by atoms with van der Waals surface area (Å²) in [6.07, 6.45) is 13.4. The predicted molar refractivity (Wildman–Crippen MR) is 158 cm³/mol. The minimum Gasteiger partial charge on any atom is -0.462 e. The van der Waals surface area contributed by atoms with Crippen LogP contribution in [0.3, 0.4) is 0 Å². The van der Waals surface area contributed by atoms with Gasteiger partial charge in [-0.1, -0.05) is 67.0 Å². The van der Waals surface area contributed by atoms with Crippen LogP contribution >= 0.6 is 15.9 Å². The lowest BCUT2D eigenvalue weighted by Crippen LogP contribution is -2.54. The van der Waals surface area contributed by atoms with Gasteiger partial charge in [-0.3, -0.25) is 9.59 Å². The van der Waals surface area contributed by atoms with E-state index in [1.807, 2.05) is 30.3 Å². The first-order chi connectivity index (χ1) is 18.7. The molecule has 1 aromatic rings. The third-order valence-corrected chi connectivity index (χ3v) is 12.4. The highest BCUT2D eigenvalue weighted by Crippen LogP contribution is 2.68. The van der Waals surface area contributed by atoms with Crippen LogP contribution < -0.4 is 0 Å². The van der Waals surface area contributed by atoms with Crippen LogP contribution in [0, 0.1) is 46.3 Å². The Morgan fingerprint density at radius 2 is 1.67 bits per heavy atom. The van der Waals surface area contributed by atoms with Crippen molar-refractivity contribution in [2.75, 3.05) is 5.33 Å². The molecule has 0 spiro atoms. The number of ether oxygens (including phenoxy) is 2. The Morgan fingerprint density at radius 1 is 0.923 bits per heavy atom. The normalized spacial score (nSPS) is 38.2. The Kier molecular flexibility index (Phi) is 9.15. The first-order valence-electron chi connectivity index (χ1n) is 15.7. The lowest BCUT2D eigenvalue weighted by molar-refractivity contribution is -0.162. The fraction of sp³-hybridized carbons (Fsp3) is 0.765. The molecular weight excluding hydrogens is 552 g/mol. The van der Waals surface area contributed by atoms with E-state index in [-0.39, 0.29) is 18.0 Å². The van der Waals surface area contributed by atoms with Crippen molar-refractivity contribution in [2.45, 2.75) is 111 Å². The number of hydrogen-bond acceptors (Lipinski definition) is 4. The Hall–Kier alpha value is -1.36. The van der Waals surface area contributed by atoms with Crippen LogP contribution in [0.5, 0.6) is 0 Å². The molecule has 1 unspecified atom stereocenters. The first-order valence-corrected chi connectivity index (χ1v) is 16.8. The molecule has 0 radical (unpaired) electrons. The van der Waals surface area contributed by atoms with Gasteiger partial charge in [-0.25, -0.2) is 0 Å². The van der Waals surface area contributed by atoms with Crippen LogP contribution in [-0.2, 0) is 25.7 Å². The Bertz CT molecular complexity index is 996. The van der Waals surface area contributed by atoms with Crippen molar-refractivity contribution in [1.82, 2.24) is 0 Å². The number of carbonyl (C=O) groups excluding carboxylic acids is 2. The van der Waals surface area contributed by atoms with Gasteiger partial charge in [-0.2, -0.15) is 0 Å². The number of hydrogen-bond donors (Lipinski definition) is 0. The zero-order valence-corrected chi connectivity index (χ0v) is 25.9. The third-order valence-electron chi connectivity index (χ3n) is 12.0. The van der Waals surface area contributed by atoms with Crippen molar-refractivity contribution in [3.05, 3.63) is 35.9 Å². The van der Waals surface area contributed by atoms with Gasteiger partial charge in [0.2, 0.25) is 0 Å². The van der Waals surface area contributed by atoms with Gasteiger partial charge in [0.1, 0.15) is 12.7 Å². The molecule has 4 fully saturated rings. The summed E-state index contributed by atoms with van der Waals surface area (Å²) in [6.45, 7) is 7.96. The number of halogens is 1. The van der Waals surface area contributed by atoms with Gasteiger partial charge in [0.15, 0.2) is 0 Å². The fourth-order valence-electron chi connectivity index (χ4n) is 9.98. The summed E-state index contributed by atoms with van der Waals surface area (Å²) in [5.74, 6) is 4.32. The molecule has 4 nitrogen and oxygen atoms in total. The minimum absolute atomic E-state index is 0.0434. The molecule has 0 amide bonds. The highest BCUT2D eigenvalue weighted by molar-refractivity contribution is 9.09. The molecule has 0 N–H and O–H groups in total. The summed E-state index contributed by atoms with van der Waals surface area (Å²) >= 11 is 3.36. The van der Waals surface area contributed by atoms with E-state index < -0.39 is 0 Å². The standard InChI is InChI=1S/C34H49BrO4/c1-23(9-14-31(36)38-22-24-7-5-4-6-8-24)28-12-13-29-27-11-10-25-21-26(39-32(37)17-20-35)15-18-33(25,2)30(27)16-19-34(28,29)3/h4-8,23,25-30H,9-22H2,1-3H3/t23-,25-,26+,27+,28-,29+,30+,33+,34?/m1/s1. The average molecular weight is 602 g/mol. The summed E-state index contributed by atoms with van der Waals surface area (Å²) in [4.78, 5) is 24.6. The van der Waals surface area contributed by atoms with Crippen molar-refractivity contribution >= 4 is 27.9 Å². The van der Waals surface area contributed by atoms with E-state index in [2.05, 4.69) is 36.7 Å². The molecule has 0 bridgehead atoms. The largest absolute Gasteiger partial charge is 0.462 e. The second-order valence-electron chi connectivity index (χ2n) is 13.9. The molecule has 216 valence electrons. The van der Waals surface area contributed by atoms with Crippen molar-refractivity contribution in [3.8, 4) is 0 Å². The van der Waals surface area contributed by atoms with Crippen LogP contribution in [0.15, 0.2) is 30.3 Å². The number of carbonyl (C=O) groups is 2. The van der Waals surface area contributed by atoms with Gasteiger partial charge < -0.3 is 9.47 Å². The predicted octanol–water partition coefficient (Wildman–Crippen LogP) is 8.50. The van der Waals surface area contributed by atoms with Gasteiger partial charge in [-0.05, 0) is 116 Å². The summed E-state index contributed by atoms with van der Waals surface area (Å²) in [6, 6.07) is 9.97. The number of esters is 2. The zero-order chi connectivity index (χ0) is 27.6. The second-order valence-corrected chi connectivity index (χ2v) is 14.7. The van der Waals surface area contributed by atoms with Crippen LogP contribution in [0.2, 0.25) is 0 Å². The molecule has 5 rings (SSSR count). The molecule has 9 atom stereocenters. The van der Waals surface area contributed by atoms with Crippen molar-refractivity contribution in [3.63, 3.8) is 0 Å². The summed E-state index contributed by atoms with van der Waals surface area (Å²) in [5.41, 5.74) is 1.85. The van der Waals surface area contributed by atoms with Gasteiger partial charge >= 0.3 is 11.9 Å². The lowest BCUT2D eigenvalue weighted by Gasteiger charge is -2.61. The number of alkyl halides is 1. The number of rotatable bonds is 9. The SMILES string of the molecule is C[C@H](CCC(=O)OCc1ccccc1)[C@H]1CC[C@H]2[C@@H]3CC[C@@H]4C[C@@H](OC(=O)CCBr)CC[C@]4(C)[C@H]3CCC12C. The highest BCUT2D eigenvalue weighted by Gasteiger charge is 2.60. The smallest absolute Gasteiger partial charge is 0.306 e. The Morgan fingerprint density at radius 3 is 2.44 bits per heavy atom. The molecule has 4 aliphatic carbocycles. The molecular formula is C34H49BrO4. The molecule has 0 aromatic heterocycles. The van der Waals surface area contributed by atoms with Crippen molar-refractivity contribution in [1.29, 1.82) is 0 Å². The molecule has 39 heavy (non-hydrogen) atoms. The maximum atomic E-state index is 12.5. The summed E-state index contributed by atoms with van der Waals surface area (Å²) in [5, 5.41) is 0.682. The molecule has 4 saturated carbocycles. The van der Waals surface area contributed by atoms with Gasteiger partial charge in [0.25, 0.3) is 0 Å². The number of fused-ring (bicyclic) bond motifs is 5. The van der Waals surface area contributed by atoms with Gasteiger partial charge in [-0.15, -0.1) is 0 Å². The topological polar surface area (TPSA) is 52.6 Å². The van der Waals surface area contributed by atoms with Crippen LogP contribution in [0.25, 0.3) is 0 Å². The molecule has 0 heterocycles. The van der Waals surface area contributed by atoms with Crippen LogP contribution in [0.4, 0.5) is 0 Å². The van der Waals surface area contributed by atoms with Gasteiger partial charge in [0.05, 0.1) is 6.42 Å². The van der Waals surface area contributed by atoms with Crippen LogP contribution in [-0.4, -0.2) is 23.4 Å². The summed E-state index contributed by atoms with van der Waals surface area (Å²) in [7, 11) is 0. The highest BCUT2D eigenvalue weighted by atomic mass is 79.9. The lowest BCUT2D eigenvalue weighted by atomic mass is 9.44. The van der Waals surface area contributed by atoms with E-state index in [4.69, 9.17) is 9.47 Å². The monoisotopic (exact) mass is 600 g/mol. The van der Waals surface area contributed by atoms with E-state index in [0.29, 0.717) is 53.4 Å². The van der Waals surface area contributed by atoms with E-state index in [1.165, 1.54) is 44.9 Å². The van der Waals surface area contributed by atoms with E-state index in [9.17, 15) is 9.59 Å².